The van der Waals surface area contributed by atoms with Gasteiger partial charge in [-0.25, -0.2) is 0 Å². The van der Waals surface area contributed by atoms with Gasteiger partial charge in [0.2, 0.25) is 0 Å². The van der Waals surface area contributed by atoms with Crippen molar-refractivity contribution in [2.75, 3.05) is 19.5 Å². The summed E-state index contributed by atoms with van der Waals surface area (Å²) >= 11 is 0. The van der Waals surface area contributed by atoms with Crippen molar-refractivity contribution in [1.29, 1.82) is 5.41 Å². The average Bonchev–Trinajstić information content (AvgIpc) is 2.69. The molecule has 2 aromatic carbocycles. The molecule has 0 aliphatic carbocycles. The zero-order valence-electron chi connectivity index (χ0n) is 15.7. The first-order valence-electron chi connectivity index (χ1n) is 8.38. The van der Waals surface area contributed by atoms with E-state index < -0.39 is 23.4 Å². The molecule has 0 aliphatic heterocycles. The zero-order valence-corrected chi connectivity index (χ0v) is 15.7. The fourth-order valence-electron chi connectivity index (χ4n) is 2.48. The Labute approximate surface area is 165 Å². The lowest BCUT2D eigenvalue weighted by Gasteiger charge is -2.15. The van der Waals surface area contributed by atoms with Gasteiger partial charge < -0.3 is 15.5 Å². The lowest BCUT2D eigenvalue weighted by molar-refractivity contribution is -0.113. The summed E-state index contributed by atoms with van der Waals surface area (Å²) in [5.74, 6) is -1.05. The Morgan fingerprint density at radius 2 is 1.90 bits per heavy atom. The Morgan fingerprint density at radius 3 is 2.55 bits per heavy atom. The van der Waals surface area contributed by atoms with Gasteiger partial charge in [-0.2, -0.15) is 13.2 Å². The molecule has 0 spiro atoms. The summed E-state index contributed by atoms with van der Waals surface area (Å²) in [5.41, 5.74) is -0.215. The summed E-state index contributed by atoms with van der Waals surface area (Å²) in [5, 5.41) is 15.8. The predicted octanol–water partition coefficient (Wildman–Crippen LogP) is 3.96. The lowest BCUT2D eigenvalue weighted by atomic mass is 10.0. The molecule has 1 amide bonds. The normalized spacial score (nSPS) is 12.0. The molecular formula is C20H19F3N4O2. The molecule has 2 rings (SSSR count). The van der Waals surface area contributed by atoms with E-state index in [0.29, 0.717) is 16.8 Å². The highest BCUT2D eigenvalue weighted by molar-refractivity contribution is 6.26. The van der Waals surface area contributed by atoms with E-state index in [1.807, 2.05) is 0 Å². The molecule has 6 nitrogen and oxygen atoms in total. The van der Waals surface area contributed by atoms with Crippen molar-refractivity contribution in [3.05, 3.63) is 65.9 Å². The van der Waals surface area contributed by atoms with Crippen LogP contribution in [0.15, 0.2) is 65.5 Å². The second kappa shape index (κ2) is 9.54. The number of halogens is 3. The van der Waals surface area contributed by atoms with Crippen LogP contribution in [0.1, 0.15) is 5.56 Å². The number of oxime groups is 1. The van der Waals surface area contributed by atoms with Crippen LogP contribution in [0.25, 0.3) is 11.1 Å². The van der Waals surface area contributed by atoms with Crippen LogP contribution in [0.2, 0.25) is 0 Å². The quantitative estimate of drug-likeness (QED) is 0.371. The number of benzene rings is 2. The second-order valence-corrected chi connectivity index (χ2v) is 5.76. The fourth-order valence-corrected chi connectivity index (χ4v) is 2.48. The van der Waals surface area contributed by atoms with Crippen molar-refractivity contribution in [2.24, 2.45) is 5.16 Å². The van der Waals surface area contributed by atoms with Crippen molar-refractivity contribution in [1.82, 2.24) is 5.32 Å². The van der Waals surface area contributed by atoms with Gasteiger partial charge in [-0.1, -0.05) is 41.6 Å². The molecule has 152 valence electrons. The number of alkyl halides is 3. The third kappa shape index (κ3) is 5.68. The molecule has 0 fully saturated rings. The van der Waals surface area contributed by atoms with Crippen LogP contribution in [-0.4, -0.2) is 38.2 Å². The third-order valence-corrected chi connectivity index (χ3v) is 3.77. The van der Waals surface area contributed by atoms with Crippen LogP contribution < -0.4 is 10.6 Å². The number of carbonyl (C=O) groups excluding carboxylic acids is 1. The van der Waals surface area contributed by atoms with Crippen LogP contribution in [-0.2, 0) is 9.63 Å². The monoisotopic (exact) mass is 404 g/mol. The standard InChI is InChI=1S/C20H19F3N4O2/c1-25-12-16(18(24)20(21,22)23)19(28)27-17-9-4-3-8-15(17)14-7-5-6-13(10-14)11-26-29-2/h3-12,24-25H,1-2H3,(H,27,28)/b16-12+,24-18?,26-11+. The van der Waals surface area contributed by atoms with Crippen LogP contribution in [0.3, 0.4) is 0 Å². The molecule has 0 aromatic heterocycles. The maximum absolute atomic E-state index is 12.9. The summed E-state index contributed by atoms with van der Waals surface area (Å²) in [6.45, 7) is 0. The van der Waals surface area contributed by atoms with Gasteiger partial charge in [0, 0.05) is 24.5 Å². The second-order valence-electron chi connectivity index (χ2n) is 5.76. The number of hydrogen-bond acceptors (Lipinski definition) is 5. The average molecular weight is 404 g/mol. The van der Waals surface area contributed by atoms with Gasteiger partial charge in [0.15, 0.2) is 0 Å². The number of hydrogen-bond donors (Lipinski definition) is 3. The van der Waals surface area contributed by atoms with Crippen molar-refractivity contribution in [2.45, 2.75) is 6.18 Å². The first-order chi connectivity index (χ1) is 13.8. The molecule has 0 saturated heterocycles. The van der Waals surface area contributed by atoms with E-state index in [4.69, 9.17) is 5.41 Å². The van der Waals surface area contributed by atoms with Crippen LogP contribution >= 0.6 is 0 Å². The fraction of sp³-hybridized carbons (Fsp3) is 0.150. The minimum atomic E-state index is -4.95. The van der Waals surface area contributed by atoms with Crippen LogP contribution in [0.5, 0.6) is 0 Å². The van der Waals surface area contributed by atoms with Gasteiger partial charge in [-0.3, -0.25) is 10.2 Å². The van der Waals surface area contributed by atoms with Gasteiger partial charge >= 0.3 is 6.18 Å². The summed E-state index contributed by atoms with van der Waals surface area (Å²) in [4.78, 5) is 17.1. The lowest BCUT2D eigenvalue weighted by Crippen LogP contribution is -2.31. The van der Waals surface area contributed by atoms with E-state index in [0.717, 1.165) is 11.8 Å². The smallest absolute Gasteiger partial charge is 0.399 e. The maximum Gasteiger partial charge on any atom is 0.433 e. The Balaban J connectivity index is 2.38. The van der Waals surface area contributed by atoms with Crippen LogP contribution in [0.4, 0.5) is 18.9 Å². The third-order valence-electron chi connectivity index (χ3n) is 3.77. The molecular weight excluding hydrogens is 385 g/mol. The highest BCUT2D eigenvalue weighted by Crippen LogP contribution is 2.29. The number of carbonyl (C=O) groups is 1. The maximum atomic E-state index is 12.9. The van der Waals surface area contributed by atoms with Crippen molar-refractivity contribution in [3.8, 4) is 11.1 Å². The largest absolute Gasteiger partial charge is 0.433 e. The number of rotatable bonds is 7. The van der Waals surface area contributed by atoms with Gasteiger partial charge in [0.25, 0.3) is 5.91 Å². The number of anilines is 1. The molecule has 0 atom stereocenters. The first-order valence-corrected chi connectivity index (χ1v) is 8.38. The molecule has 29 heavy (non-hydrogen) atoms. The van der Waals surface area contributed by atoms with Gasteiger partial charge in [0.1, 0.15) is 12.8 Å². The Hall–Kier alpha value is -3.62. The molecule has 0 bridgehead atoms. The van der Waals surface area contributed by atoms with Gasteiger partial charge in [-0.15, -0.1) is 0 Å². The summed E-state index contributed by atoms with van der Waals surface area (Å²) in [7, 11) is 2.76. The number of nitrogens with zero attached hydrogens (tertiary/aromatic N) is 1. The Morgan fingerprint density at radius 1 is 1.17 bits per heavy atom. The number of para-hydroxylation sites is 1. The minimum Gasteiger partial charge on any atom is -0.399 e. The topological polar surface area (TPSA) is 86.6 Å². The van der Waals surface area contributed by atoms with E-state index in [-0.39, 0.29) is 0 Å². The summed E-state index contributed by atoms with van der Waals surface area (Å²) in [6.07, 6.45) is -2.60. The molecule has 3 N–H and O–H groups in total. The van der Waals surface area contributed by atoms with E-state index in [1.54, 1.807) is 48.5 Å². The number of nitrogens with one attached hydrogen (secondary N) is 3. The van der Waals surface area contributed by atoms with E-state index in [9.17, 15) is 18.0 Å². The van der Waals surface area contributed by atoms with Gasteiger partial charge in [0.05, 0.1) is 11.8 Å². The molecule has 9 heteroatoms. The molecule has 0 radical (unpaired) electrons. The molecule has 0 saturated carbocycles. The van der Waals surface area contributed by atoms with Gasteiger partial charge in [-0.05, 0) is 23.3 Å². The summed E-state index contributed by atoms with van der Waals surface area (Å²) < 4.78 is 38.7. The van der Waals surface area contributed by atoms with E-state index in [2.05, 4.69) is 20.6 Å². The summed E-state index contributed by atoms with van der Waals surface area (Å²) in [6, 6.07) is 13.8. The Bertz CT molecular complexity index is 953. The van der Waals surface area contributed by atoms with Crippen molar-refractivity contribution in [3.63, 3.8) is 0 Å². The highest BCUT2D eigenvalue weighted by Gasteiger charge is 2.39. The van der Waals surface area contributed by atoms with E-state index >= 15 is 0 Å². The first kappa shape index (κ1) is 21.7. The van der Waals surface area contributed by atoms with Crippen molar-refractivity contribution < 1.29 is 22.8 Å². The Kier molecular flexibility index (Phi) is 7.13. The highest BCUT2D eigenvalue weighted by atomic mass is 19.4. The molecule has 0 unspecified atom stereocenters. The minimum absolute atomic E-state index is 0.301. The molecule has 0 aliphatic rings. The predicted molar refractivity (Wildman–Crippen MR) is 106 cm³/mol. The zero-order chi connectivity index (χ0) is 21.4. The van der Waals surface area contributed by atoms with Crippen molar-refractivity contribution >= 4 is 23.5 Å². The van der Waals surface area contributed by atoms with E-state index in [1.165, 1.54) is 20.4 Å². The molecule has 2 aromatic rings. The molecule has 0 heterocycles. The number of amides is 1. The SMILES string of the molecule is CN/C=C(\C(=N)C(F)(F)F)C(=O)Nc1ccccc1-c1cccc(/C=N/OC)c1. The van der Waals surface area contributed by atoms with Crippen LogP contribution in [0, 0.1) is 5.41 Å².